The first kappa shape index (κ1) is 17.7. The van der Waals surface area contributed by atoms with Crippen molar-refractivity contribution >= 4 is 16.8 Å². The summed E-state index contributed by atoms with van der Waals surface area (Å²) in [6, 6.07) is 18.9. The van der Waals surface area contributed by atoms with Crippen LogP contribution in [-0.4, -0.2) is 27.2 Å². The Hall–Kier alpha value is -3.67. The molecular formula is C22H20N4O2. The molecule has 0 fully saturated rings. The van der Waals surface area contributed by atoms with Gasteiger partial charge in [-0.2, -0.15) is 5.10 Å². The lowest BCUT2D eigenvalue weighted by molar-refractivity contribution is 0.0946. The standard InChI is InChI=1S/C22H20N4O2/c1-15-13-20(27)21(25-26(15)17-7-3-2-4-8-17)22(28)23-12-11-16-14-24-19-10-6-5-9-18(16)19/h2-10,13-14,24H,11-12H2,1H3,(H,23,28). The van der Waals surface area contributed by atoms with Crippen LogP contribution in [0.5, 0.6) is 0 Å². The second-order valence-electron chi connectivity index (χ2n) is 6.61. The van der Waals surface area contributed by atoms with Crippen LogP contribution in [-0.2, 0) is 6.42 Å². The summed E-state index contributed by atoms with van der Waals surface area (Å²) in [7, 11) is 0. The third-order valence-corrected chi connectivity index (χ3v) is 4.68. The monoisotopic (exact) mass is 372 g/mol. The minimum Gasteiger partial charge on any atom is -0.361 e. The van der Waals surface area contributed by atoms with Crippen molar-refractivity contribution in [2.24, 2.45) is 0 Å². The molecule has 0 aliphatic carbocycles. The normalized spacial score (nSPS) is 10.9. The zero-order valence-electron chi connectivity index (χ0n) is 15.5. The Morgan fingerprint density at radius 1 is 1.11 bits per heavy atom. The summed E-state index contributed by atoms with van der Waals surface area (Å²) in [5, 5.41) is 8.24. The number of para-hydroxylation sites is 2. The molecular weight excluding hydrogens is 352 g/mol. The average Bonchev–Trinajstić information content (AvgIpc) is 3.12. The van der Waals surface area contributed by atoms with Gasteiger partial charge in [-0.3, -0.25) is 9.59 Å². The van der Waals surface area contributed by atoms with E-state index in [0.29, 0.717) is 18.7 Å². The summed E-state index contributed by atoms with van der Waals surface area (Å²) in [6.07, 6.45) is 2.61. The molecule has 2 heterocycles. The summed E-state index contributed by atoms with van der Waals surface area (Å²) in [5.41, 5.74) is 3.17. The number of benzene rings is 2. The Bertz CT molecular complexity index is 1190. The molecule has 140 valence electrons. The van der Waals surface area contributed by atoms with E-state index in [1.165, 1.54) is 6.07 Å². The molecule has 0 spiro atoms. The maximum Gasteiger partial charge on any atom is 0.275 e. The first-order valence-corrected chi connectivity index (χ1v) is 9.13. The third kappa shape index (κ3) is 3.44. The van der Waals surface area contributed by atoms with Gasteiger partial charge in [-0.1, -0.05) is 36.4 Å². The van der Waals surface area contributed by atoms with Gasteiger partial charge in [0, 0.05) is 35.4 Å². The van der Waals surface area contributed by atoms with Crippen LogP contribution in [0.25, 0.3) is 16.6 Å². The minimum atomic E-state index is -0.463. The van der Waals surface area contributed by atoms with Gasteiger partial charge in [-0.05, 0) is 37.1 Å². The Balaban J connectivity index is 1.51. The molecule has 0 bridgehead atoms. The van der Waals surface area contributed by atoms with Crippen LogP contribution >= 0.6 is 0 Å². The lowest BCUT2D eigenvalue weighted by Crippen LogP contribution is -2.33. The summed E-state index contributed by atoms with van der Waals surface area (Å²) < 4.78 is 1.61. The number of carbonyl (C=O) groups excluding carboxylic acids is 1. The van der Waals surface area contributed by atoms with E-state index in [4.69, 9.17) is 0 Å². The zero-order valence-corrected chi connectivity index (χ0v) is 15.5. The molecule has 4 aromatic rings. The number of aryl methyl sites for hydroxylation is 1. The van der Waals surface area contributed by atoms with E-state index in [2.05, 4.69) is 15.4 Å². The van der Waals surface area contributed by atoms with Crippen molar-refractivity contribution < 1.29 is 4.79 Å². The van der Waals surface area contributed by atoms with Crippen molar-refractivity contribution in [2.45, 2.75) is 13.3 Å². The highest BCUT2D eigenvalue weighted by atomic mass is 16.2. The van der Waals surface area contributed by atoms with Crippen molar-refractivity contribution in [1.82, 2.24) is 20.1 Å². The predicted molar refractivity (Wildman–Crippen MR) is 109 cm³/mol. The number of amides is 1. The molecule has 1 amide bonds. The van der Waals surface area contributed by atoms with Crippen molar-refractivity contribution in [3.05, 3.63) is 94.0 Å². The Labute approximate surface area is 161 Å². The molecule has 0 saturated carbocycles. The summed E-state index contributed by atoms with van der Waals surface area (Å²) >= 11 is 0. The highest BCUT2D eigenvalue weighted by Gasteiger charge is 2.15. The van der Waals surface area contributed by atoms with Crippen molar-refractivity contribution in [2.75, 3.05) is 6.54 Å². The molecule has 2 aromatic carbocycles. The Kier molecular flexibility index (Phi) is 4.76. The molecule has 0 radical (unpaired) electrons. The van der Waals surface area contributed by atoms with Crippen LogP contribution in [0.2, 0.25) is 0 Å². The first-order valence-electron chi connectivity index (χ1n) is 9.13. The van der Waals surface area contributed by atoms with E-state index in [9.17, 15) is 9.59 Å². The van der Waals surface area contributed by atoms with E-state index in [1.807, 2.05) is 60.8 Å². The second kappa shape index (κ2) is 7.52. The number of H-pyrrole nitrogens is 1. The van der Waals surface area contributed by atoms with Gasteiger partial charge in [-0.15, -0.1) is 0 Å². The first-order chi connectivity index (χ1) is 13.6. The number of fused-ring (bicyclic) bond motifs is 1. The van der Waals surface area contributed by atoms with Gasteiger partial charge in [0.05, 0.1) is 5.69 Å². The highest BCUT2D eigenvalue weighted by molar-refractivity contribution is 5.92. The second-order valence-corrected chi connectivity index (χ2v) is 6.61. The number of aromatic amines is 1. The molecule has 2 aromatic heterocycles. The molecule has 0 unspecified atom stereocenters. The summed E-state index contributed by atoms with van der Waals surface area (Å²) in [6.45, 7) is 2.21. The highest BCUT2D eigenvalue weighted by Crippen LogP contribution is 2.17. The molecule has 0 atom stereocenters. The van der Waals surface area contributed by atoms with Crippen molar-refractivity contribution in [3.63, 3.8) is 0 Å². The van der Waals surface area contributed by atoms with Gasteiger partial charge in [0.1, 0.15) is 0 Å². The number of hydrogen-bond acceptors (Lipinski definition) is 3. The van der Waals surface area contributed by atoms with Gasteiger partial charge < -0.3 is 10.3 Å². The molecule has 0 aliphatic heterocycles. The Morgan fingerprint density at radius 3 is 2.68 bits per heavy atom. The number of hydrogen-bond donors (Lipinski definition) is 2. The van der Waals surface area contributed by atoms with Crippen molar-refractivity contribution in [3.8, 4) is 5.69 Å². The fourth-order valence-electron chi connectivity index (χ4n) is 3.27. The molecule has 6 nitrogen and oxygen atoms in total. The lowest BCUT2D eigenvalue weighted by Gasteiger charge is -2.11. The summed E-state index contributed by atoms with van der Waals surface area (Å²) in [5.74, 6) is -0.463. The maximum absolute atomic E-state index is 12.6. The van der Waals surface area contributed by atoms with Crippen LogP contribution in [0.4, 0.5) is 0 Å². The minimum absolute atomic E-state index is 0.103. The topological polar surface area (TPSA) is 79.8 Å². The van der Waals surface area contributed by atoms with Gasteiger partial charge in [0.2, 0.25) is 5.43 Å². The molecule has 0 saturated heterocycles. The number of nitrogens with one attached hydrogen (secondary N) is 2. The fraction of sp³-hybridized carbons (Fsp3) is 0.136. The number of nitrogens with zero attached hydrogens (tertiary/aromatic N) is 2. The molecule has 28 heavy (non-hydrogen) atoms. The van der Waals surface area contributed by atoms with E-state index in [0.717, 1.165) is 22.2 Å². The van der Waals surface area contributed by atoms with E-state index in [1.54, 1.807) is 11.6 Å². The van der Waals surface area contributed by atoms with Gasteiger partial charge in [0.15, 0.2) is 5.69 Å². The van der Waals surface area contributed by atoms with Gasteiger partial charge in [-0.25, -0.2) is 4.68 Å². The van der Waals surface area contributed by atoms with E-state index >= 15 is 0 Å². The maximum atomic E-state index is 12.6. The van der Waals surface area contributed by atoms with Crippen LogP contribution in [0.15, 0.2) is 71.7 Å². The van der Waals surface area contributed by atoms with E-state index < -0.39 is 5.91 Å². The molecule has 0 aliphatic rings. The molecule has 2 N–H and O–H groups in total. The van der Waals surface area contributed by atoms with Crippen LogP contribution < -0.4 is 10.7 Å². The third-order valence-electron chi connectivity index (χ3n) is 4.68. The van der Waals surface area contributed by atoms with Crippen molar-refractivity contribution in [1.29, 1.82) is 0 Å². The molecule has 6 heteroatoms. The van der Waals surface area contributed by atoms with Crippen LogP contribution in [0.3, 0.4) is 0 Å². The number of rotatable bonds is 5. The average molecular weight is 372 g/mol. The Morgan fingerprint density at radius 2 is 1.86 bits per heavy atom. The molecule has 4 rings (SSSR count). The number of carbonyl (C=O) groups is 1. The largest absolute Gasteiger partial charge is 0.361 e. The van der Waals surface area contributed by atoms with E-state index in [-0.39, 0.29) is 11.1 Å². The SMILES string of the molecule is Cc1cc(=O)c(C(=O)NCCc2c[nH]c3ccccc23)nn1-c1ccccc1. The number of aromatic nitrogens is 3. The predicted octanol–water partition coefficient (Wildman–Crippen LogP) is 2.99. The van der Waals surface area contributed by atoms with Crippen LogP contribution in [0, 0.1) is 6.92 Å². The lowest BCUT2D eigenvalue weighted by atomic mass is 10.1. The fourth-order valence-corrected chi connectivity index (χ4v) is 3.27. The smallest absolute Gasteiger partial charge is 0.275 e. The van der Waals surface area contributed by atoms with Gasteiger partial charge >= 0.3 is 0 Å². The quantitative estimate of drug-likeness (QED) is 0.565. The summed E-state index contributed by atoms with van der Waals surface area (Å²) in [4.78, 5) is 28.1. The van der Waals surface area contributed by atoms with Gasteiger partial charge in [0.25, 0.3) is 5.91 Å². The van der Waals surface area contributed by atoms with Crippen LogP contribution in [0.1, 0.15) is 21.7 Å². The zero-order chi connectivity index (χ0) is 19.5.